The SMILES string of the molecule is Cc1cc(C)c(OC(Oc2c(C)cc(C)cc2C)Oc2c(C)cc(C)cc2C)c(C)c1. The molecule has 0 saturated carbocycles. The smallest absolute Gasteiger partial charge is 0.406 e. The van der Waals surface area contributed by atoms with Gasteiger partial charge in [-0.25, -0.2) is 0 Å². The summed E-state index contributed by atoms with van der Waals surface area (Å²) in [4.78, 5) is 0. The Morgan fingerprint density at radius 3 is 0.774 bits per heavy atom. The lowest BCUT2D eigenvalue weighted by Crippen LogP contribution is -2.32. The van der Waals surface area contributed by atoms with E-state index in [9.17, 15) is 0 Å². The van der Waals surface area contributed by atoms with Gasteiger partial charge in [0, 0.05) is 0 Å². The second-order valence-electron chi connectivity index (χ2n) is 8.83. The number of ether oxygens (including phenoxy) is 3. The molecular formula is C28H34O3. The van der Waals surface area contributed by atoms with Crippen molar-refractivity contribution < 1.29 is 14.2 Å². The van der Waals surface area contributed by atoms with Crippen LogP contribution < -0.4 is 14.2 Å². The Hall–Kier alpha value is -2.94. The molecule has 0 aliphatic heterocycles. The van der Waals surface area contributed by atoms with E-state index in [2.05, 4.69) is 98.7 Å². The van der Waals surface area contributed by atoms with Crippen LogP contribution in [0.25, 0.3) is 0 Å². The zero-order valence-corrected chi connectivity index (χ0v) is 20.3. The van der Waals surface area contributed by atoms with Crippen LogP contribution in [-0.4, -0.2) is 6.48 Å². The average Bonchev–Trinajstić information content (AvgIpc) is 2.63. The van der Waals surface area contributed by atoms with Crippen molar-refractivity contribution >= 4 is 0 Å². The Morgan fingerprint density at radius 2 is 0.581 bits per heavy atom. The largest absolute Gasteiger partial charge is 0.422 e. The van der Waals surface area contributed by atoms with E-state index in [-0.39, 0.29) is 0 Å². The van der Waals surface area contributed by atoms with Crippen molar-refractivity contribution in [2.45, 2.75) is 68.8 Å². The summed E-state index contributed by atoms with van der Waals surface area (Å²) in [5, 5.41) is 0. The van der Waals surface area contributed by atoms with Crippen molar-refractivity contribution in [1.82, 2.24) is 0 Å². The van der Waals surface area contributed by atoms with Crippen LogP contribution in [0, 0.1) is 62.3 Å². The molecule has 3 heteroatoms. The molecule has 0 radical (unpaired) electrons. The quantitative estimate of drug-likeness (QED) is 0.394. The molecule has 0 aliphatic rings. The van der Waals surface area contributed by atoms with Gasteiger partial charge in [0.25, 0.3) is 0 Å². The lowest BCUT2D eigenvalue weighted by Gasteiger charge is -2.26. The Balaban J connectivity index is 2.02. The maximum Gasteiger partial charge on any atom is 0.406 e. The fraction of sp³-hybridized carbons (Fsp3) is 0.357. The maximum atomic E-state index is 6.37. The van der Waals surface area contributed by atoms with E-state index < -0.39 is 6.48 Å². The molecule has 3 aromatic rings. The predicted molar refractivity (Wildman–Crippen MR) is 128 cm³/mol. The third-order valence-electron chi connectivity index (χ3n) is 5.46. The van der Waals surface area contributed by atoms with Crippen LogP contribution in [0.15, 0.2) is 36.4 Å². The summed E-state index contributed by atoms with van der Waals surface area (Å²) in [6.45, 7) is 17.7. The van der Waals surface area contributed by atoms with E-state index in [1.165, 1.54) is 16.7 Å². The highest BCUT2D eigenvalue weighted by Crippen LogP contribution is 2.32. The minimum atomic E-state index is -0.916. The molecule has 3 nitrogen and oxygen atoms in total. The van der Waals surface area contributed by atoms with Gasteiger partial charge in [0.15, 0.2) is 0 Å². The van der Waals surface area contributed by atoms with E-state index in [0.717, 1.165) is 50.6 Å². The molecule has 0 aromatic heterocycles. The van der Waals surface area contributed by atoms with Crippen LogP contribution in [0.1, 0.15) is 50.1 Å². The van der Waals surface area contributed by atoms with Gasteiger partial charge in [-0.2, -0.15) is 0 Å². The van der Waals surface area contributed by atoms with E-state index in [1.807, 2.05) is 0 Å². The lowest BCUT2D eigenvalue weighted by molar-refractivity contribution is -0.142. The zero-order valence-electron chi connectivity index (χ0n) is 20.3. The van der Waals surface area contributed by atoms with Gasteiger partial charge in [-0.1, -0.05) is 53.1 Å². The molecule has 0 amide bonds. The van der Waals surface area contributed by atoms with Crippen molar-refractivity contribution in [3.8, 4) is 17.2 Å². The minimum absolute atomic E-state index is 0.792. The molecule has 0 fully saturated rings. The highest BCUT2D eigenvalue weighted by molar-refractivity contribution is 5.46. The highest BCUT2D eigenvalue weighted by Gasteiger charge is 2.22. The van der Waals surface area contributed by atoms with E-state index in [1.54, 1.807) is 0 Å². The van der Waals surface area contributed by atoms with Gasteiger partial charge in [0.2, 0.25) is 0 Å². The molecule has 0 saturated heterocycles. The number of hydrogen-bond acceptors (Lipinski definition) is 3. The third kappa shape index (κ3) is 5.22. The molecule has 3 rings (SSSR count). The Bertz CT molecular complexity index is 901. The molecule has 3 aromatic carbocycles. The van der Waals surface area contributed by atoms with E-state index in [0.29, 0.717) is 0 Å². The van der Waals surface area contributed by atoms with Gasteiger partial charge in [0.05, 0.1) is 0 Å². The fourth-order valence-corrected chi connectivity index (χ4v) is 4.42. The molecule has 164 valence electrons. The standard InChI is InChI=1S/C28H34O3/c1-16-10-19(4)25(20(5)11-16)29-28(30-26-21(6)12-17(2)13-22(26)7)31-27-23(8)14-18(3)15-24(27)9/h10-15,28H,1-9H3. The first-order valence-corrected chi connectivity index (χ1v) is 10.8. The maximum absolute atomic E-state index is 6.37. The Labute approximate surface area is 187 Å². The van der Waals surface area contributed by atoms with Crippen LogP contribution >= 0.6 is 0 Å². The first-order chi connectivity index (χ1) is 14.5. The van der Waals surface area contributed by atoms with Crippen molar-refractivity contribution in [3.05, 3.63) is 86.5 Å². The third-order valence-corrected chi connectivity index (χ3v) is 5.46. The molecule has 0 aliphatic carbocycles. The molecule has 0 spiro atoms. The summed E-state index contributed by atoms with van der Waals surface area (Å²) in [5.74, 6) is 2.38. The monoisotopic (exact) mass is 418 g/mol. The van der Waals surface area contributed by atoms with Crippen LogP contribution in [0.5, 0.6) is 17.2 Å². The Kier molecular flexibility index (Phi) is 6.64. The summed E-state index contributed by atoms with van der Waals surface area (Å²) >= 11 is 0. The van der Waals surface area contributed by atoms with Crippen LogP contribution in [0.4, 0.5) is 0 Å². The van der Waals surface area contributed by atoms with Crippen molar-refractivity contribution in [3.63, 3.8) is 0 Å². The summed E-state index contributed by atoms with van der Waals surface area (Å²) in [7, 11) is 0. The second-order valence-corrected chi connectivity index (χ2v) is 8.83. The first-order valence-electron chi connectivity index (χ1n) is 10.8. The number of aryl methyl sites for hydroxylation is 9. The summed E-state index contributed by atoms with van der Waals surface area (Å²) in [5.41, 5.74) is 9.97. The Morgan fingerprint density at radius 1 is 0.387 bits per heavy atom. The molecule has 0 N–H and O–H groups in total. The molecule has 31 heavy (non-hydrogen) atoms. The summed E-state index contributed by atoms with van der Waals surface area (Å²) < 4.78 is 19.1. The number of benzene rings is 3. The van der Waals surface area contributed by atoms with Crippen LogP contribution in [0.2, 0.25) is 0 Å². The van der Waals surface area contributed by atoms with E-state index in [4.69, 9.17) is 14.2 Å². The van der Waals surface area contributed by atoms with Crippen LogP contribution in [-0.2, 0) is 0 Å². The number of hydrogen-bond donors (Lipinski definition) is 0. The van der Waals surface area contributed by atoms with Crippen molar-refractivity contribution in [1.29, 1.82) is 0 Å². The lowest BCUT2D eigenvalue weighted by atomic mass is 10.1. The fourth-order valence-electron chi connectivity index (χ4n) is 4.42. The predicted octanol–water partition coefficient (Wildman–Crippen LogP) is 7.28. The van der Waals surface area contributed by atoms with Gasteiger partial charge in [0.1, 0.15) is 17.2 Å². The van der Waals surface area contributed by atoms with Crippen LogP contribution in [0.3, 0.4) is 0 Å². The van der Waals surface area contributed by atoms with Gasteiger partial charge >= 0.3 is 6.48 Å². The topological polar surface area (TPSA) is 27.7 Å². The molecule has 0 bridgehead atoms. The van der Waals surface area contributed by atoms with Crippen molar-refractivity contribution in [2.24, 2.45) is 0 Å². The minimum Gasteiger partial charge on any atom is -0.422 e. The zero-order chi connectivity index (χ0) is 22.9. The normalized spacial score (nSPS) is 11.0. The van der Waals surface area contributed by atoms with Gasteiger partial charge in [-0.05, 0) is 95.7 Å². The van der Waals surface area contributed by atoms with Gasteiger partial charge < -0.3 is 14.2 Å². The van der Waals surface area contributed by atoms with Crippen molar-refractivity contribution in [2.75, 3.05) is 0 Å². The van der Waals surface area contributed by atoms with Gasteiger partial charge in [-0.3, -0.25) is 0 Å². The molecule has 0 atom stereocenters. The summed E-state index contributed by atoms with van der Waals surface area (Å²) in [6.07, 6.45) is 0. The highest BCUT2D eigenvalue weighted by atomic mass is 16.8. The summed E-state index contributed by atoms with van der Waals surface area (Å²) in [6, 6.07) is 12.7. The van der Waals surface area contributed by atoms with Gasteiger partial charge in [-0.15, -0.1) is 0 Å². The van der Waals surface area contributed by atoms with E-state index >= 15 is 0 Å². The molecule has 0 heterocycles. The average molecular weight is 419 g/mol. The first kappa shape index (κ1) is 22.7. The molecular weight excluding hydrogens is 384 g/mol. The molecule has 0 unspecified atom stereocenters. The second kappa shape index (κ2) is 9.05. The number of rotatable bonds is 6.